The fourth-order valence-corrected chi connectivity index (χ4v) is 3.17. The second-order valence-electron chi connectivity index (χ2n) is 5.89. The summed E-state index contributed by atoms with van der Waals surface area (Å²) in [5.41, 5.74) is 0.608. The Morgan fingerprint density at radius 3 is 2.63 bits per heavy atom. The highest BCUT2D eigenvalue weighted by molar-refractivity contribution is 7.13. The fourth-order valence-electron chi connectivity index (χ4n) is 2.20. The van der Waals surface area contributed by atoms with Crippen molar-refractivity contribution in [1.82, 2.24) is 15.6 Å². The molecule has 0 spiro atoms. The van der Waals surface area contributed by atoms with E-state index in [0.717, 1.165) is 0 Å². The maximum atomic E-state index is 12.2. The number of nitrogens with one attached hydrogen (secondary N) is 2. The number of carbonyl (C=O) groups excluding carboxylic acids is 1. The molecule has 0 bridgehead atoms. The quantitative estimate of drug-likeness (QED) is 0.280. The van der Waals surface area contributed by atoms with Gasteiger partial charge in [-0.2, -0.15) is 13.2 Å². The minimum atomic E-state index is -4.12. The Kier molecular flexibility index (Phi) is 9.54. The first-order chi connectivity index (χ1) is 12.7. The van der Waals surface area contributed by atoms with Gasteiger partial charge < -0.3 is 15.4 Å². The minimum Gasteiger partial charge on any atom is -0.462 e. The van der Waals surface area contributed by atoms with E-state index in [0.29, 0.717) is 47.7 Å². The van der Waals surface area contributed by atoms with Crippen LogP contribution in [0.25, 0.3) is 0 Å². The van der Waals surface area contributed by atoms with Crippen molar-refractivity contribution in [3.05, 3.63) is 15.6 Å². The predicted molar refractivity (Wildman–Crippen MR) is 100 cm³/mol. The molecule has 27 heavy (non-hydrogen) atoms. The first-order valence-corrected chi connectivity index (χ1v) is 9.75. The lowest BCUT2D eigenvalue weighted by Crippen LogP contribution is -2.38. The maximum absolute atomic E-state index is 12.2. The number of rotatable bonds is 9. The summed E-state index contributed by atoms with van der Waals surface area (Å²) in [6.45, 7) is 8.48. The maximum Gasteiger partial charge on any atom is 0.389 e. The van der Waals surface area contributed by atoms with Crippen LogP contribution in [-0.2, 0) is 4.74 Å². The van der Waals surface area contributed by atoms with Crippen molar-refractivity contribution in [2.45, 2.75) is 59.2 Å². The molecule has 154 valence electrons. The van der Waals surface area contributed by atoms with Gasteiger partial charge in [-0.25, -0.2) is 9.78 Å². The average Bonchev–Trinajstić information content (AvgIpc) is 2.96. The zero-order valence-corrected chi connectivity index (χ0v) is 16.9. The number of aryl methyl sites for hydroxylation is 1. The SMILES string of the molecule is CCNC(=NCCCCC(F)(F)F)NC(C)c1nc(C)c(C(=O)OCC)s1. The summed E-state index contributed by atoms with van der Waals surface area (Å²) in [4.78, 5) is 21.1. The molecule has 0 saturated carbocycles. The lowest BCUT2D eigenvalue weighted by atomic mass is 10.2. The summed E-state index contributed by atoms with van der Waals surface area (Å²) in [5.74, 6) is 0.110. The molecule has 1 unspecified atom stereocenters. The Morgan fingerprint density at radius 1 is 1.33 bits per heavy atom. The van der Waals surface area contributed by atoms with E-state index in [4.69, 9.17) is 4.74 Å². The Bertz CT molecular complexity index is 632. The fraction of sp³-hybridized carbons (Fsp3) is 0.706. The van der Waals surface area contributed by atoms with Gasteiger partial charge >= 0.3 is 12.1 Å². The number of hydrogen-bond donors (Lipinski definition) is 2. The molecule has 10 heteroatoms. The number of carbonyl (C=O) groups is 1. The van der Waals surface area contributed by atoms with Gasteiger partial charge in [-0.05, 0) is 40.5 Å². The Labute approximate surface area is 161 Å². The number of esters is 1. The number of ether oxygens (including phenoxy) is 1. The number of hydrogen-bond acceptors (Lipinski definition) is 5. The van der Waals surface area contributed by atoms with E-state index in [1.165, 1.54) is 11.3 Å². The Morgan fingerprint density at radius 2 is 2.04 bits per heavy atom. The monoisotopic (exact) mass is 408 g/mol. The Balaban J connectivity index is 2.67. The van der Waals surface area contributed by atoms with Crippen molar-refractivity contribution in [3.63, 3.8) is 0 Å². The van der Waals surface area contributed by atoms with Crippen molar-refractivity contribution in [3.8, 4) is 0 Å². The molecule has 1 heterocycles. The molecular formula is C17H27F3N4O2S. The summed E-state index contributed by atoms with van der Waals surface area (Å²) in [6, 6.07) is -0.218. The third-order valence-corrected chi connectivity index (χ3v) is 4.80. The van der Waals surface area contributed by atoms with Crippen LogP contribution in [0.15, 0.2) is 4.99 Å². The van der Waals surface area contributed by atoms with Crippen molar-refractivity contribution in [2.75, 3.05) is 19.7 Å². The van der Waals surface area contributed by atoms with Crippen molar-refractivity contribution < 1.29 is 22.7 Å². The number of aromatic nitrogens is 1. The van der Waals surface area contributed by atoms with E-state index >= 15 is 0 Å². The van der Waals surface area contributed by atoms with E-state index in [2.05, 4.69) is 20.6 Å². The lowest BCUT2D eigenvalue weighted by Gasteiger charge is -2.16. The van der Waals surface area contributed by atoms with E-state index in [-0.39, 0.29) is 12.5 Å². The van der Waals surface area contributed by atoms with Crippen LogP contribution < -0.4 is 10.6 Å². The highest BCUT2D eigenvalue weighted by Gasteiger charge is 2.25. The minimum absolute atomic E-state index is 0.0521. The first kappa shape index (κ1) is 23.2. The molecule has 6 nitrogen and oxygen atoms in total. The van der Waals surface area contributed by atoms with Crippen molar-refractivity contribution in [2.24, 2.45) is 4.99 Å². The molecule has 0 aliphatic carbocycles. The van der Waals surface area contributed by atoms with Crippen LogP contribution in [0.3, 0.4) is 0 Å². The third kappa shape index (κ3) is 8.59. The van der Waals surface area contributed by atoms with E-state index in [1.807, 2.05) is 13.8 Å². The molecule has 2 N–H and O–H groups in total. The normalized spacial score (nSPS) is 13.4. The second-order valence-corrected chi connectivity index (χ2v) is 6.92. The molecule has 1 aromatic rings. The van der Waals surface area contributed by atoms with Gasteiger partial charge in [0.05, 0.1) is 18.3 Å². The van der Waals surface area contributed by atoms with Gasteiger partial charge in [0.1, 0.15) is 9.88 Å². The smallest absolute Gasteiger partial charge is 0.389 e. The highest BCUT2D eigenvalue weighted by atomic mass is 32.1. The van der Waals surface area contributed by atoms with E-state index in [1.54, 1.807) is 13.8 Å². The van der Waals surface area contributed by atoms with Crippen LogP contribution in [0, 0.1) is 6.92 Å². The molecule has 0 aliphatic rings. The second kappa shape index (κ2) is 11.1. The zero-order valence-electron chi connectivity index (χ0n) is 16.1. The molecule has 0 amide bonds. The number of guanidine groups is 1. The number of aliphatic imine (C=N–C) groups is 1. The van der Waals surface area contributed by atoms with Crippen LogP contribution in [-0.4, -0.2) is 42.8 Å². The van der Waals surface area contributed by atoms with Gasteiger partial charge in [-0.1, -0.05) is 0 Å². The molecule has 0 aromatic carbocycles. The van der Waals surface area contributed by atoms with Gasteiger partial charge in [0.25, 0.3) is 0 Å². The van der Waals surface area contributed by atoms with Gasteiger partial charge in [0, 0.05) is 19.5 Å². The van der Waals surface area contributed by atoms with Gasteiger partial charge in [-0.15, -0.1) is 11.3 Å². The summed E-state index contributed by atoms with van der Waals surface area (Å²) < 4.78 is 41.5. The molecule has 0 radical (unpaired) electrons. The summed E-state index contributed by atoms with van der Waals surface area (Å²) in [7, 11) is 0. The van der Waals surface area contributed by atoms with Crippen LogP contribution in [0.2, 0.25) is 0 Å². The largest absolute Gasteiger partial charge is 0.462 e. The van der Waals surface area contributed by atoms with Gasteiger partial charge in [0.2, 0.25) is 0 Å². The molecule has 0 fully saturated rings. The van der Waals surface area contributed by atoms with Crippen LogP contribution in [0.1, 0.15) is 66.4 Å². The third-order valence-electron chi connectivity index (χ3n) is 3.48. The molecule has 1 rings (SSSR count). The van der Waals surface area contributed by atoms with Crippen molar-refractivity contribution >= 4 is 23.3 Å². The van der Waals surface area contributed by atoms with E-state index in [9.17, 15) is 18.0 Å². The predicted octanol–water partition coefficient (Wildman–Crippen LogP) is 3.98. The molecule has 0 saturated heterocycles. The average molecular weight is 408 g/mol. The zero-order chi connectivity index (χ0) is 20.4. The summed E-state index contributed by atoms with van der Waals surface area (Å²) in [5, 5.41) is 6.93. The van der Waals surface area contributed by atoms with Crippen LogP contribution >= 0.6 is 11.3 Å². The Hall–Kier alpha value is -1.84. The number of alkyl halides is 3. The number of nitrogens with zero attached hydrogens (tertiary/aromatic N) is 2. The first-order valence-electron chi connectivity index (χ1n) is 8.94. The van der Waals surface area contributed by atoms with Crippen LogP contribution in [0.4, 0.5) is 13.2 Å². The standard InChI is InChI=1S/C17H27F3N4O2S/c1-5-21-16(22-10-8-7-9-17(18,19)20)24-12(4)14-23-11(3)13(27-14)15(25)26-6-2/h12H,5-10H2,1-4H3,(H2,21,22,24). The number of unbranched alkanes of at least 4 members (excludes halogenated alkanes) is 1. The molecule has 1 aromatic heterocycles. The topological polar surface area (TPSA) is 75.6 Å². The van der Waals surface area contributed by atoms with E-state index < -0.39 is 18.6 Å². The lowest BCUT2D eigenvalue weighted by molar-refractivity contribution is -0.135. The summed E-state index contributed by atoms with van der Waals surface area (Å²) in [6.07, 6.45) is -4.51. The number of thiazole rings is 1. The summed E-state index contributed by atoms with van der Waals surface area (Å²) >= 11 is 1.25. The molecule has 0 aliphatic heterocycles. The van der Waals surface area contributed by atoms with Crippen LogP contribution in [0.5, 0.6) is 0 Å². The highest BCUT2D eigenvalue weighted by Crippen LogP contribution is 2.24. The molecular weight excluding hydrogens is 381 g/mol. The van der Waals surface area contributed by atoms with Gasteiger partial charge in [0.15, 0.2) is 5.96 Å². The molecule has 1 atom stereocenters. The van der Waals surface area contributed by atoms with Crippen molar-refractivity contribution in [1.29, 1.82) is 0 Å². The number of halogens is 3. The van der Waals surface area contributed by atoms with Gasteiger partial charge in [-0.3, -0.25) is 4.99 Å².